The molecule has 0 radical (unpaired) electrons. The Kier molecular flexibility index (Phi) is 3.96. The summed E-state index contributed by atoms with van der Waals surface area (Å²) in [5, 5.41) is 2.35. The minimum Gasteiger partial charge on any atom is -0.466 e. The molecule has 0 aliphatic carbocycles. The van der Waals surface area contributed by atoms with E-state index >= 15 is 0 Å². The summed E-state index contributed by atoms with van der Waals surface area (Å²) < 4.78 is 41.8. The van der Waals surface area contributed by atoms with Gasteiger partial charge in [-0.3, -0.25) is 4.79 Å². The Balaban J connectivity index is 2.52. The van der Waals surface area contributed by atoms with Gasteiger partial charge in [0.25, 0.3) is 0 Å². The lowest BCUT2D eigenvalue weighted by Crippen LogP contribution is -2.49. The Labute approximate surface area is 86.0 Å². The smallest absolute Gasteiger partial charge is 0.403 e. The molecule has 88 valence electrons. The number of ether oxygens (including phenoxy) is 1. The van der Waals surface area contributed by atoms with Crippen molar-refractivity contribution >= 4 is 5.97 Å². The van der Waals surface area contributed by atoms with E-state index in [1.807, 2.05) is 0 Å². The number of carbonyl (C=O) groups is 1. The van der Waals surface area contributed by atoms with Gasteiger partial charge >= 0.3 is 12.1 Å². The molecule has 0 aromatic heterocycles. The summed E-state index contributed by atoms with van der Waals surface area (Å²) in [5.41, 5.74) is 0. The predicted molar refractivity (Wildman–Crippen MR) is 47.2 cm³/mol. The Morgan fingerprint density at radius 2 is 2.20 bits per heavy atom. The monoisotopic (exact) mass is 225 g/mol. The van der Waals surface area contributed by atoms with Crippen molar-refractivity contribution in [2.24, 2.45) is 5.92 Å². The predicted octanol–water partition coefficient (Wildman–Crippen LogP) is 1.48. The zero-order valence-corrected chi connectivity index (χ0v) is 8.43. The summed E-state index contributed by atoms with van der Waals surface area (Å²) in [6.07, 6.45) is -4.10. The quantitative estimate of drug-likeness (QED) is 0.723. The van der Waals surface area contributed by atoms with Crippen molar-refractivity contribution in [1.82, 2.24) is 5.32 Å². The van der Waals surface area contributed by atoms with Crippen LogP contribution in [0.15, 0.2) is 0 Å². The van der Waals surface area contributed by atoms with E-state index in [1.165, 1.54) is 0 Å². The first-order chi connectivity index (χ1) is 6.95. The van der Waals surface area contributed by atoms with Crippen LogP contribution in [0.1, 0.15) is 19.8 Å². The molecule has 0 bridgehead atoms. The van der Waals surface area contributed by atoms with Crippen LogP contribution in [0.4, 0.5) is 13.2 Å². The number of nitrogens with one attached hydrogen (secondary N) is 1. The van der Waals surface area contributed by atoms with Crippen molar-refractivity contribution in [3.05, 3.63) is 0 Å². The van der Waals surface area contributed by atoms with Gasteiger partial charge in [-0.05, 0) is 26.3 Å². The molecule has 3 nitrogen and oxygen atoms in total. The molecule has 1 N–H and O–H groups in total. The number of hydrogen-bond donors (Lipinski definition) is 1. The number of halogens is 3. The number of rotatable bonds is 2. The van der Waals surface area contributed by atoms with Crippen molar-refractivity contribution in [3.63, 3.8) is 0 Å². The Morgan fingerprint density at radius 1 is 1.53 bits per heavy atom. The van der Waals surface area contributed by atoms with Crippen LogP contribution < -0.4 is 5.32 Å². The van der Waals surface area contributed by atoms with E-state index in [0.29, 0.717) is 6.42 Å². The normalized spacial score (nSPS) is 27.5. The molecule has 0 aromatic rings. The number of alkyl halides is 3. The third kappa shape index (κ3) is 3.37. The topological polar surface area (TPSA) is 38.3 Å². The minimum absolute atomic E-state index is 0.202. The van der Waals surface area contributed by atoms with Crippen LogP contribution in [0.5, 0.6) is 0 Å². The Morgan fingerprint density at radius 3 is 2.73 bits per heavy atom. The summed E-state index contributed by atoms with van der Waals surface area (Å²) >= 11 is 0. The molecule has 15 heavy (non-hydrogen) atoms. The summed E-state index contributed by atoms with van der Waals surface area (Å²) in [6.45, 7) is 2.05. The van der Waals surface area contributed by atoms with Gasteiger partial charge in [0.1, 0.15) is 6.04 Å². The maximum atomic E-state index is 12.3. The van der Waals surface area contributed by atoms with Gasteiger partial charge in [-0.2, -0.15) is 13.2 Å². The van der Waals surface area contributed by atoms with Crippen LogP contribution >= 0.6 is 0 Å². The van der Waals surface area contributed by atoms with Crippen LogP contribution in [0.25, 0.3) is 0 Å². The van der Waals surface area contributed by atoms with Crippen molar-refractivity contribution in [3.8, 4) is 0 Å². The molecule has 6 heteroatoms. The lowest BCUT2D eigenvalue weighted by molar-refractivity contribution is -0.170. The molecule has 0 unspecified atom stereocenters. The number of carbonyl (C=O) groups excluding carboxylic acids is 1. The minimum atomic E-state index is -4.29. The number of hydrogen-bond acceptors (Lipinski definition) is 3. The molecule has 0 spiro atoms. The van der Waals surface area contributed by atoms with Gasteiger partial charge in [-0.15, -0.1) is 0 Å². The summed E-state index contributed by atoms with van der Waals surface area (Å²) in [6, 6.07) is -1.58. The first-order valence-electron chi connectivity index (χ1n) is 4.92. The average molecular weight is 225 g/mol. The first kappa shape index (κ1) is 12.3. The Bertz CT molecular complexity index is 230. The highest BCUT2D eigenvalue weighted by Gasteiger charge is 2.43. The fraction of sp³-hybridized carbons (Fsp3) is 0.889. The molecule has 1 aliphatic heterocycles. The van der Waals surface area contributed by atoms with E-state index in [4.69, 9.17) is 4.74 Å². The molecule has 1 fully saturated rings. The van der Waals surface area contributed by atoms with E-state index in [1.54, 1.807) is 6.92 Å². The lowest BCUT2D eigenvalue weighted by Gasteiger charge is -2.30. The van der Waals surface area contributed by atoms with E-state index in [9.17, 15) is 18.0 Å². The summed E-state index contributed by atoms with van der Waals surface area (Å²) in [4.78, 5) is 11.3. The van der Waals surface area contributed by atoms with Gasteiger partial charge in [0.2, 0.25) is 0 Å². The second kappa shape index (κ2) is 4.83. The van der Waals surface area contributed by atoms with Crippen molar-refractivity contribution < 1.29 is 22.7 Å². The highest BCUT2D eigenvalue weighted by atomic mass is 19.4. The highest BCUT2D eigenvalue weighted by Crippen LogP contribution is 2.29. The molecule has 0 amide bonds. The molecular weight excluding hydrogens is 211 g/mol. The third-order valence-corrected chi connectivity index (χ3v) is 2.42. The van der Waals surface area contributed by atoms with E-state index in [-0.39, 0.29) is 19.6 Å². The molecule has 1 heterocycles. The maximum absolute atomic E-state index is 12.3. The molecule has 1 saturated heterocycles. The second-order valence-electron chi connectivity index (χ2n) is 3.52. The van der Waals surface area contributed by atoms with Gasteiger partial charge in [-0.1, -0.05) is 0 Å². The van der Waals surface area contributed by atoms with Crippen LogP contribution in [0.2, 0.25) is 0 Å². The highest BCUT2D eigenvalue weighted by molar-refractivity contribution is 5.72. The van der Waals surface area contributed by atoms with E-state index in [0.717, 1.165) is 0 Å². The summed E-state index contributed by atoms with van der Waals surface area (Å²) in [5.74, 6) is -1.15. The van der Waals surface area contributed by atoms with Gasteiger partial charge in [-0.25, -0.2) is 0 Å². The zero-order valence-electron chi connectivity index (χ0n) is 8.43. The fourth-order valence-electron chi connectivity index (χ4n) is 1.64. The van der Waals surface area contributed by atoms with E-state index in [2.05, 4.69) is 5.32 Å². The van der Waals surface area contributed by atoms with Gasteiger partial charge in [0, 0.05) is 0 Å². The summed E-state index contributed by atoms with van der Waals surface area (Å²) in [7, 11) is 0. The molecule has 2 atom stereocenters. The molecule has 0 aromatic carbocycles. The van der Waals surface area contributed by atoms with Crippen molar-refractivity contribution in [2.75, 3.05) is 13.2 Å². The Hall–Kier alpha value is -0.780. The maximum Gasteiger partial charge on any atom is 0.403 e. The van der Waals surface area contributed by atoms with Gasteiger partial charge in [0.05, 0.1) is 12.5 Å². The van der Waals surface area contributed by atoms with Crippen molar-refractivity contribution in [1.29, 1.82) is 0 Å². The standard InChI is InChI=1S/C9H14F3NO2/c1-2-15-8(14)6-3-4-13-7(5-6)9(10,11)12/h6-7,13H,2-5H2,1H3/t6-,7-/m1/s1. The fourth-order valence-corrected chi connectivity index (χ4v) is 1.64. The van der Waals surface area contributed by atoms with Gasteiger partial charge < -0.3 is 10.1 Å². The molecule has 0 saturated carbocycles. The van der Waals surface area contributed by atoms with Crippen LogP contribution in [-0.4, -0.2) is 31.3 Å². The second-order valence-corrected chi connectivity index (χ2v) is 3.52. The van der Waals surface area contributed by atoms with Crippen molar-refractivity contribution in [2.45, 2.75) is 32.0 Å². The van der Waals surface area contributed by atoms with Crippen LogP contribution in [-0.2, 0) is 9.53 Å². The lowest BCUT2D eigenvalue weighted by atomic mass is 9.92. The SMILES string of the molecule is CCOC(=O)[C@@H]1CCN[C@@H](C(F)(F)F)C1. The van der Waals surface area contributed by atoms with Crippen LogP contribution in [0.3, 0.4) is 0 Å². The van der Waals surface area contributed by atoms with Gasteiger partial charge in [0.15, 0.2) is 0 Å². The molecular formula is C9H14F3NO2. The molecule has 1 aliphatic rings. The third-order valence-electron chi connectivity index (χ3n) is 2.42. The number of piperidine rings is 1. The average Bonchev–Trinajstić information content (AvgIpc) is 2.17. The van der Waals surface area contributed by atoms with Crippen LogP contribution in [0, 0.1) is 5.92 Å². The largest absolute Gasteiger partial charge is 0.466 e. The first-order valence-corrected chi connectivity index (χ1v) is 4.92. The van der Waals surface area contributed by atoms with E-state index < -0.39 is 24.1 Å². The molecule has 1 rings (SSSR count). The number of esters is 1. The zero-order chi connectivity index (χ0) is 11.5.